The molecule has 4 nitrogen and oxygen atoms in total. The van der Waals surface area contributed by atoms with Crippen LogP contribution in [-0.4, -0.2) is 18.0 Å². The molecule has 0 bridgehead atoms. The molecule has 0 spiro atoms. The van der Waals surface area contributed by atoms with Crippen molar-refractivity contribution >= 4 is 29.2 Å². The molecule has 0 radical (unpaired) electrons. The van der Waals surface area contributed by atoms with E-state index in [9.17, 15) is 18.4 Å². The van der Waals surface area contributed by atoms with Crippen LogP contribution in [0.4, 0.5) is 14.5 Å². The standard InChI is InChI=1S/C17H14ClF2NO3/c1-10(17(23)21-15-7-6-13(20)9-14(15)18)24-16(22)8-11-2-4-12(19)5-3-11/h2-7,9-10H,8H2,1H3,(H,21,23)/t10-/m1/s1. The highest BCUT2D eigenvalue weighted by Gasteiger charge is 2.19. The number of esters is 1. The lowest BCUT2D eigenvalue weighted by atomic mass is 10.1. The Kier molecular flexibility index (Phi) is 5.87. The second-order valence-corrected chi connectivity index (χ2v) is 5.46. The summed E-state index contributed by atoms with van der Waals surface area (Å²) in [5, 5.41) is 2.48. The van der Waals surface area contributed by atoms with Crippen LogP contribution >= 0.6 is 11.6 Å². The highest BCUT2D eigenvalue weighted by atomic mass is 35.5. The molecule has 2 aromatic rings. The van der Waals surface area contributed by atoms with Gasteiger partial charge in [0.15, 0.2) is 6.10 Å². The lowest BCUT2D eigenvalue weighted by Crippen LogP contribution is -2.30. The summed E-state index contributed by atoms with van der Waals surface area (Å²) < 4.78 is 30.8. The monoisotopic (exact) mass is 353 g/mol. The Morgan fingerprint density at radius 2 is 1.75 bits per heavy atom. The summed E-state index contributed by atoms with van der Waals surface area (Å²) in [6.07, 6.45) is -1.16. The first kappa shape index (κ1) is 17.9. The van der Waals surface area contributed by atoms with Gasteiger partial charge in [0.2, 0.25) is 0 Å². The molecule has 0 unspecified atom stereocenters. The minimum Gasteiger partial charge on any atom is -0.452 e. The SMILES string of the molecule is C[C@@H](OC(=O)Cc1ccc(F)cc1)C(=O)Nc1ccc(F)cc1Cl. The number of anilines is 1. The number of amides is 1. The van der Waals surface area contributed by atoms with Crippen molar-refractivity contribution in [1.29, 1.82) is 0 Å². The van der Waals surface area contributed by atoms with Crippen LogP contribution in [0.1, 0.15) is 12.5 Å². The minimum absolute atomic E-state index is 0.0354. The van der Waals surface area contributed by atoms with E-state index in [1.165, 1.54) is 37.3 Å². The number of halogens is 3. The van der Waals surface area contributed by atoms with Gasteiger partial charge in [0.05, 0.1) is 17.1 Å². The third-order valence-electron chi connectivity index (χ3n) is 3.13. The van der Waals surface area contributed by atoms with Crippen molar-refractivity contribution in [2.45, 2.75) is 19.4 Å². The van der Waals surface area contributed by atoms with Crippen LogP contribution in [0.25, 0.3) is 0 Å². The van der Waals surface area contributed by atoms with Crippen molar-refractivity contribution < 1.29 is 23.1 Å². The molecule has 24 heavy (non-hydrogen) atoms. The van der Waals surface area contributed by atoms with Crippen molar-refractivity contribution in [3.8, 4) is 0 Å². The van der Waals surface area contributed by atoms with Gasteiger partial charge in [-0.3, -0.25) is 9.59 Å². The van der Waals surface area contributed by atoms with E-state index < -0.39 is 29.6 Å². The van der Waals surface area contributed by atoms with Crippen LogP contribution < -0.4 is 5.32 Å². The Balaban J connectivity index is 1.90. The first-order chi connectivity index (χ1) is 11.3. The molecule has 0 heterocycles. The number of hydrogen-bond donors (Lipinski definition) is 1. The average molecular weight is 354 g/mol. The van der Waals surface area contributed by atoms with E-state index in [1.54, 1.807) is 0 Å². The zero-order chi connectivity index (χ0) is 17.7. The number of carbonyl (C=O) groups excluding carboxylic acids is 2. The summed E-state index contributed by atoms with van der Waals surface area (Å²) in [7, 11) is 0. The van der Waals surface area contributed by atoms with Gasteiger partial charge < -0.3 is 10.1 Å². The molecule has 126 valence electrons. The average Bonchev–Trinajstić information content (AvgIpc) is 2.52. The number of hydrogen-bond acceptors (Lipinski definition) is 3. The van der Waals surface area contributed by atoms with Crippen LogP contribution in [0.15, 0.2) is 42.5 Å². The van der Waals surface area contributed by atoms with Gasteiger partial charge in [-0.1, -0.05) is 23.7 Å². The van der Waals surface area contributed by atoms with Crippen molar-refractivity contribution in [2.75, 3.05) is 5.32 Å². The maximum absolute atomic E-state index is 13.0. The molecule has 1 atom stereocenters. The Morgan fingerprint density at radius 3 is 2.38 bits per heavy atom. The van der Waals surface area contributed by atoms with E-state index in [0.29, 0.717) is 5.56 Å². The Bertz CT molecular complexity index is 750. The molecule has 0 aliphatic rings. The van der Waals surface area contributed by atoms with Crippen molar-refractivity contribution in [3.05, 3.63) is 64.7 Å². The molecule has 0 aromatic heterocycles. The number of nitrogens with one attached hydrogen (secondary N) is 1. The predicted octanol–water partition coefficient (Wildman–Crippen LogP) is 3.73. The van der Waals surface area contributed by atoms with Crippen LogP contribution in [0.3, 0.4) is 0 Å². The van der Waals surface area contributed by atoms with E-state index in [4.69, 9.17) is 16.3 Å². The maximum atomic E-state index is 13.0. The molecule has 0 fully saturated rings. The molecule has 1 amide bonds. The summed E-state index contributed by atoms with van der Waals surface area (Å²) in [5.41, 5.74) is 0.778. The second kappa shape index (κ2) is 7.88. The molecule has 7 heteroatoms. The van der Waals surface area contributed by atoms with Gasteiger partial charge in [0, 0.05) is 0 Å². The highest BCUT2D eigenvalue weighted by Crippen LogP contribution is 2.22. The number of ether oxygens (including phenoxy) is 1. The molecule has 0 aliphatic heterocycles. The van der Waals surface area contributed by atoms with E-state index >= 15 is 0 Å². The van der Waals surface area contributed by atoms with Crippen LogP contribution in [0.5, 0.6) is 0 Å². The topological polar surface area (TPSA) is 55.4 Å². The maximum Gasteiger partial charge on any atom is 0.311 e. The summed E-state index contributed by atoms with van der Waals surface area (Å²) in [4.78, 5) is 23.8. The predicted molar refractivity (Wildman–Crippen MR) is 85.7 cm³/mol. The quantitative estimate of drug-likeness (QED) is 0.833. The fourth-order valence-corrected chi connectivity index (χ4v) is 2.10. The Morgan fingerprint density at radius 1 is 1.12 bits per heavy atom. The third kappa shape index (κ3) is 5.03. The zero-order valence-electron chi connectivity index (χ0n) is 12.7. The lowest BCUT2D eigenvalue weighted by molar-refractivity contribution is -0.152. The molecule has 1 N–H and O–H groups in total. The van der Waals surface area contributed by atoms with Crippen molar-refractivity contribution in [1.82, 2.24) is 0 Å². The van der Waals surface area contributed by atoms with E-state index in [1.807, 2.05) is 0 Å². The molecule has 0 saturated carbocycles. The molecule has 0 aliphatic carbocycles. The van der Waals surface area contributed by atoms with Gasteiger partial charge in [-0.25, -0.2) is 8.78 Å². The smallest absolute Gasteiger partial charge is 0.311 e. The number of carbonyl (C=O) groups is 2. The number of benzene rings is 2. The van der Waals surface area contributed by atoms with Gasteiger partial charge in [-0.2, -0.15) is 0 Å². The third-order valence-corrected chi connectivity index (χ3v) is 3.44. The van der Waals surface area contributed by atoms with Crippen molar-refractivity contribution in [3.63, 3.8) is 0 Å². The fraction of sp³-hybridized carbons (Fsp3) is 0.176. The van der Waals surface area contributed by atoms with Crippen LogP contribution in [0.2, 0.25) is 5.02 Å². The molecule has 0 saturated heterocycles. The lowest BCUT2D eigenvalue weighted by Gasteiger charge is -2.14. The van der Waals surface area contributed by atoms with Crippen LogP contribution in [0, 0.1) is 11.6 Å². The van der Waals surface area contributed by atoms with Gasteiger partial charge in [0.1, 0.15) is 11.6 Å². The Labute approximate surface area is 142 Å². The molecular weight excluding hydrogens is 340 g/mol. The first-order valence-corrected chi connectivity index (χ1v) is 7.43. The van der Waals surface area contributed by atoms with E-state index in [2.05, 4.69) is 5.32 Å². The van der Waals surface area contributed by atoms with Crippen molar-refractivity contribution in [2.24, 2.45) is 0 Å². The normalized spacial score (nSPS) is 11.7. The largest absolute Gasteiger partial charge is 0.452 e. The summed E-state index contributed by atoms with van der Waals surface area (Å²) in [6, 6.07) is 8.89. The van der Waals surface area contributed by atoms with Gasteiger partial charge in [-0.05, 0) is 42.8 Å². The molecule has 2 rings (SSSR count). The van der Waals surface area contributed by atoms with Crippen LogP contribution in [-0.2, 0) is 20.7 Å². The minimum atomic E-state index is -1.07. The Hall–Kier alpha value is -2.47. The van der Waals surface area contributed by atoms with Gasteiger partial charge in [-0.15, -0.1) is 0 Å². The van der Waals surface area contributed by atoms with E-state index in [-0.39, 0.29) is 17.1 Å². The first-order valence-electron chi connectivity index (χ1n) is 7.05. The number of rotatable bonds is 5. The molecular formula is C17H14ClF2NO3. The summed E-state index contributed by atoms with van der Waals surface area (Å²) in [6.45, 7) is 1.40. The summed E-state index contributed by atoms with van der Waals surface area (Å²) in [5.74, 6) is -2.17. The van der Waals surface area contributed by atoms with E-state index in [0.717, 1.165) is 12.1 Å². The summed E-state index contributed by atoms with van der Waals surface area (Å²) >= 11 is 5.81. The second-order valence-electron chi connectivity index (χ2n) is 5.05. The highest BCUT2D eigenvalue weighted by molar-refractivity contribution is 6.33. The fourth-order valence-electron chi connectivity index (χ4n) is 1.89. The molecule has 2 aromatic carbocycles. The van der Waals surface area contributed by atoms with Gasteiger partial charge >= 0.3 is 5.97 Å². The zero-order valence-corrected chi connectivity index (χ0v) is 13.4. The van der Waals surface area contributed by atoms with Gasteiger partial charge in [0.25, 0.3) is 5.91 Å².